The second kappa shape index (κ2) is 8.78. The highest BCUT2D eigenvalue weighted by atomic mass is 19.2. The van der Waals surface area contributed by atoms with Gasteiger partial charge in [0.15, 0.2) is 17.5 Å². The van der Waals surface area contributed by atoms with Crippen molar-refractivity contribution in [3.05, 3.63) is 35.1 Å². The van der Waals surface area contributed by atoms with Crippen LogP contribution in [0, 0.1) is 29.3 Å². The molecule has 0 spiro atoms. The van der Waals surface area contributed by atoms with E-state index in [1.807, 2.05) is 6.92 Å². The third-order valence-electron chi connectivity index (χ3n) is 4.00. The quantitative estimate of drug-likeness (QED) is 0.685. The van der Waals surface area contributed by atoms with E-state index in [2.05, 4.69) is 0 Å². The molecule has 0 aliphatic rings. The fourth-order valence-electron chi connectivity index (χ4n) is 2.53. The molecule has 3 N–H and O–H groups in total. The van der Waals surface area contributed by atoms with E-state index in [-0.39, 0.29) is 18.0 Å². The van der Waals surface area contributed by atoms with Gasteiger partial charge in [-0.05, 0) is 36.8 Å². The van der Waals surface area contributed by atoms with E-state index < -0.39 is 29.3 Å². The molecule has 3 nitrogen and oxygen atoms in total. The number of carboxylic acid groups (broad SMARTS) is 1. The molecule has 6 heteroatoms. The molecule has 1 aromatic carbocycles. The molecule has 0 bridgehead atoms. The highest BCUT2D eigenvalue weighted by Crippen LogP contribution is 2.23. The molecule has 0 amide bonds. The summed E-state index contributed by atoms with van der Waals surface area (Å²) in [5, 5.41) is 9.01. The summed E-state index contributed by atoms with van der Waals surface area (Å²) in [4.78, 5) is 11.0. The zero-order valence-corrected chi connectivity index (χ0v) is 12.6. The van der Waals surface area contributed by atoms with E-state index in [1.165, 1.54) is 6.07 Å². The van der Waals surface area contributed by atoms with Crippen LogP contribution in [0.5, 0.6) is 0 Å². The third kappa shape index (κ3) is 5.02. The Hall–Kier alpha value is -1.56. The topological polar surface area (TPSA) is 63.3 Å². The average Bonchev–Trinajstić information content (AvgIpc) is 2.50. The highest BCUT2D eigenvalue weighted by molar-refractivity contribution is 5.70. The Kier molecular flexibility index (Phi) is 7.38. The van der Waals surface area contributed by atoms with Crippen molar-refractivity contribution >= 4 is 5.97 Å². The van der Waals surface area contributed by atoms with E-state index in [0.717, 1.165) is 12.5 Å². The van der Waals surface area contributed by atoms with Crippen molar-refractivity contribution < 1.29 is 23.1 Å². The van der Waals surface area contributed by atoms with Crippen molar-refractivity contribution in [3.8, 4) is 0 Å². The summed E-state index contributed by atoms with van der Waals surface area (Å²) in [6, 6.07) is 2.16. The lowest BCUT2D eigenvalue weighted by Gasteiger charge is -2.18. The summed E-state index contributed by atoms with van der Waals surface area (Å²) in [6.45, 7) is 2.04. The number of hydrogen-bond acceptors (Lipinski definition) is 2. The summed E-state index contributed by atoms with van der Waals surface area (Å²) in [5.74, 6) is -5.10. The van der Waals surface area contributed by atoms with Crippen molar-refractivity contribution in [2.24, 2.45) is 17.6 Å². The summed E-state index contributed by atoms with van der Waals surface area (Å²) in [5.41, 5.74) is 5.58. The van der Waals surface area contributed by atoms with Gasteiger partial charge in [0.05, 0.1) is 5.92 Å². The zero-order valence-electron chi connectivity index (χ0n) is 12.6. The molecule has 2 unspecified atom stereocenters. The minimum atomic E-state index is -1.45. The number of aliphatic carboxylic acids is 1. The van der Waals surface area contributed by atoms with Gasteiger partial charge in [0.25, 0.3) is 0 Å². The van der Waals surface area contributed by atoms with Gasteiger partial charge in [-0.25, -0.2) is 13.2 Å². The lowest BCUT2D eigenvalue weighted by atomic mass is 9.88. The first-order valence-electron chi connectivity index (χ1n) is 7.45. The second-order valence-corrected chi connectivity index (χ2v) is 5.51. The van der Waals surface area contributed by atoms with Gasteiger partial charge in [0.2, 0.25) is 0 Å². The van der Waals surface area contributed by atoms with Crippen molar-refractivity contribution in [1.29, 1.82) is 0 Å². The van der Waals surface area contributed by atoms with Gasteiger partial charge in [-0.3, -0.25) is 4.79 Å². The first-order chi connectivity index (χ1) is 10.4. The third-order valence-corrected chi connectivity index (χ3v) is 4.00. The van der Waals surface area contributed by atoms with Gasteiger partial charge in [-0.2, -0.15) is 0 Å². The SMILES string of the molecule is CCC(CCCc1ccc(F)c(F)c1F)CC(CN)C(=O)O. The van der Waals surface area contributed by atoms with Crippen molar-refractivity contribution in [3.63, 3.8) is 0 Å². The Morgan fingerprint density at radius 2 is 1.95 bits per heavy atom. The normalized spacial score (nSPS) is 13.9. The Morgan fingerprint density at radius 1 is 1.27 bits per heavy atom. The largest absolute Gasteiger partial charge is 0.481 e. The summed E-state index contributed by atoms with van der Waals surface area (Å²) < 4.78 is 39.5. The number of halogens is 3. The molecule has 0 saturated heterocycles. The molecule has 0 heterocycles. The van der Waals surface area contributed by atoms with Gasteiger partial charge in [-0.1, -0.05) is 25.8 Å². The van der Waals surface area contributed by atoms with Crippen LogP contribution in [-0.2, 0) is 11.2 Å². The predicted molar refractivity (Wildman–Crippen MR) is 77.8 cm³/mol. The van der Waals surface area contributed by atoms with Crippen LogP contribution in [0.4, 0.5) is 13.2 Å². The Morgan fingerprint density at radius 3 is 2.50 bits per heavy atom. The Balaban J connectivity index is 2.54. The molecule has 0 aliphatic heterocycles. The molecule has 0 aliphatic carbocycles. The first kappa shape index (κ1) is 18.5. The maximum absolute atomic E-state index is 13.5. The molecule has 0 fully saturated rings. The molecule has 2 atom stereocenters. The molecular formula is C16H22F3NO2. The van der Waals surface area contributed by atoms with Crippen LogP contribution in [-0.4, -0.2) is 17.6 Å². The molecule has 0 saturated carbocycles. The number of benzene rings is 1. The van der Waals surface area contributed by atoms with Gasteiger partial charge < -0.3 is 10.8 Å². The number of hydrogen-bond donors (Lipinski definition) is 2. The standard InChI is InChI=1S/C16H22F3NO2/c1-2-10(8-12(9-20)16(21)22)4-3-5-11-6-7-13(17)15(19)14(11)18/h6-7,10,12H,2-5,8-9,20H2,1H3,(H,21,22). The number of carboxylic acids is 1. The van der Waals surface area contributed by atoms with Crippen LogP contribution in [0.15, 0.2) is 12.1 Å². The lowest BCUT2D eigenvalue weighted by molar-refractivity contribution is -0.142. The zero-order chi connectivity index (χ0) is 16.7. The maximum Gasteiger partial charge on any atom is 0.307 e. The molecular weight excluding hydrogens is 295 g/mol. The average molecular weight is 317 g/mol. The van der Waals surface area contributed by atoms with E-state index in [4.69, 9.17) is 10.8 Å². The number of carbonyl (C=O) groups is 1. The van der Waals surface area contributed by atoms with Crippen LogP contribution < -0.4 is 5.73 Å². The van der Waals surface area contributed by atoms with E-state index >= 15 is 0 Å². The molecule has 1 aromatic rings. The van der Waals surface area contributed by atoms with Gasteiger partial charge in [0.1, 0.15) is 0 Å². The smallest absolute Gasteiger partial charge is 0.307 e. The van der Waals surface area contributed by atoms with E-state index in [0.29, 0.717) is 25.7 Å². The molecule has 124 valence electrons. The van der Waals surface area contributed by atoms with Crippen LogP contribution in [0.25, 0.3) is 0 Å². The number of rotatable bonds is 9. The second-order valence-electron chi connectivity index (χ2n) is 5.51. The minimum absolute atomic E-state index is 0.0869. The molecule has 22 heavy (non-hydrogen) atoms. The van der Waals surface area contributed by atoms with Gasteiger partial charge in [0, 0.05) is 6.54 Å². The van der Waals surface area contributed by atoms with Crippen molar-refractivity contribution in [2.75, 3.05) is 6.54 Å². The fraction of sp³-hybridized carbons (Fsp3) is 0.562. The van der Waals surface area contributed by atoms with Gasteiger partial charge >= 0.3 is 5.97 Å². The van der Waals surface area contributed by atoms with Crippen molar-refractivity contribution in [2.45, 2.75) is 39.0 Å². The molecule has 0 radical (unpaired) electrons. The Labute approximate surface area is 128 Å². The predicted octanol–water partition coefficient (Wildman–Crippen LogP) is 3.50. The van der Waals surface area contributed by atoms with Crippen LogP contribution in [0.3, 0.4) is 0 Å². The van der Waals surface area contributed by atoms with E-state index in [1.54, 1.807) is 0 Å². The first-order valence-corrected chi connectivity index (χ1v) is 7.45. The number of nitrogens with two attached hydrogens (primary N) is 1. The van der Waals surface area contributed by atoms with Crippen LogP contribution >= 0.6 is 0 Å². The summed E-state index contributed by atoms with van der Waals surface area (Å²) in [7, 11) is 0. The molecule has 1 rings (SSSR count). The van der Waals surface area contributed by atoms with Gasteiger partial charge in [-0.15, -0.1) is 0 Å². The Bertz CT molecular complexity index is 508. The van der Waals surface area contributed by atoms with E-state index in [9.17, 15) is 18.0 Å². The van der Waals surface area contributed by atoms with Crippen molar-refractivity contribution in [1.82, 2.24) is 0 Å². The van der Waals surface area contributed by atoms with Crippen LogP contribution in [0.2, 0.25) is 0 Å². The maximum atomic E-state index is 13.5. The summed E-state index contributed by atoms with van der Waals surface area (Å²) >= 11 is 0. The highest BCUT2D eigenvalue weighted by Gasteiger charge is 2.20. The molecule has 0 aromatic heterocycles. The lowest BCUT2D eigenvalue weighted by Crippen LogP contribution is -2.25. The van der Waals surface area contributed by atoms with Crippen LogP contribution in [0.1, 0.15) is 38.2 Å². The monoisotopic (exact) mass is 317 g/mol. The number of aryl methyl sites for hydroxylation is 1. The minimum Gasteiger partial charge on any atom is -0.481 e. The summed E-state index contributed by atoms with van der Waals surface area (Å²) in [6.07, 6.45) is 2.84. The fourth-order valence-corrected chi connectivity index (χ4v) is 2.53.